The third-order valence-electron chi connectivity index (χ3n) is 3.45. The molecule has 0 aromatic heterocycles. The number of hydrogen-bond acceptors (Lipinski definition) is 3. The summed E-state index contributed by atoms with van der Waals surface area (Å²) in [5, 5.41) is 0. The summed E-state index contributed by atoms with van der Waals surface area (Å²) in [4.78, 5) is 0. The van der Waals surface area contributed by atoms with Crippen molar-refractivity contribution in [2.75, 3.05) is 6.61 Å². The number of hydrogen-bond donors (Lipinski definition) is 2. The SMILES string of the molecule is CCOC(C)(CC)C(CC(C)CC)NN. The predicted molar refractivity (Wildman–Crippen MR) is 65.5 cm³/mol. The zero-order chi connectivity index (χ0) is 11.9. The van der Waals surface area contributed by atoms with E-state index in [9.17, 15) is 0 Å². The molecular weight excluding hydrogens is 188 g/mol. The number of rotatable bonds is 8. The maximum Gasteiger partial charge on any atom is 0.0817 e. The van der Waals surface area contributed by atoms with Crippen LogP contribution in [0, 0.1) is 5.92 Å². The molecule has 0 saturated heterocycles. The molecule has 0 radical (unpaired) electrons. The summed E-state index contributed by atoms with van der Waals surface area (Å²) < 4.78 is 5.83. The van der Waals surface area contributed by atoms with Crippen LogP contribution < -0.4 is 11.3 Å². The minimum Gasteiger partial charge on any atom is -0.374 e. The Kier molecular flexibility index (Phi) is 7.14. The highest BCUT2D eigenvalue weighted by Gasteiger charge is 2.33. The van der Waals surface area contributed by atoms with Crippen LogP contribution in [0.4, 0.5) is 0 Å². The van der Waals surface area contributed by atoms with Crippen LogP contribution in [0.3, 0.4) is 0 Å². The van der Waals surface area contributed by atoms with E-state index < -0.39 is 0 Å². The molecule has 0 rings (SSSR count). The van der Waals surface area contributed by atoms with Crippen molar-refractivity contribution in [1.29, 1.82) is 0 Å². The molecule has 3 N–H and O–H groups in total. The second-order valence-electron chi connectivity index (χ2n) is 4.57. The van der Waals surface area contributed by atoms with Crippen molar-refractivity contribution in [2.45, 2.75) is 65.5 Å². The molecule has 3 heteroatoms. The molecule has 0 amide bonds. The second-order valence-corrected chi connectivity index (χ2v) is 4.57. The molecular formula is C12H28N2O. The minimum atomic E-state index is -0.146. The molecule has 0 fully saturated rings. The van der Waals surface area contributed by atoms with Gasteiger partial charge in [-0.1, -0.05) is 27.2 Å². The number of ether oxygens (including phenoxy) is 1. The van der Waals surface area contributed by atoms with Crippen LogP contribution >= 0.6 is 0 Å². The van der Waals surface area contributed by atoms with E-state index in [4.69, 9.17) is 10.6 Å². The normalized spacial score (nSPS) is 19.6. The molecule has 0 aromatic rings. The molecule has 92 valence electrons. The Bertz CT molecular complexity index is 164. The monoisotopic (exact) mass is 216 g/mol. The van der Waals surface area contributed by atoms with E-state index in [1.54, 1.807) is 0 Å². The van der Waals surface area contributed by atoms with Crippen molar-refractivity contribution in [3.05, 3.63) is 0 Å². The van der Waals surface area contributed by atoms with Gasteiger partial charge in [0.1, 0.15) is 0 Å². The van der Waals surface area contributed by atoms with Crippen LogP contribution in [-0.2, 0) is 4.74 Å². The van der Waals surface area contributed by atoms with Gasteiger partial charge in [0.25, 0.3) is 0 Å². The van der Waals surface area contributed by atoms with Gasteiger partial charge >= 0.3 is 0 Å². The lowest BCUT2D eigenvalue weighted by Crippen LogP contribution is -2.53. The fourth-order valence-electron chi connectivity index (χ4n) is 1.84. The Morgan fingerprint density at radius 1 is 1.33 bits per heavy atom. The van der Waals surface area contributed by atoms with Gasteiger partial charge in [0, 0.05) is 6.61 Å². The van der Waals surface area contributed by atoms with E-state index in [1.807, 2.05) is 6.92 Å². The molecule has 0 saturated carbocycles. The van der Waals surface area contributed by atoms with Crippen LogP contribution in [-0.4, -0.2) is 18.2 Å². The second kappa shape index (κ2) is 7.20. The Morgan fingerprint density at radius 2 is 1.93 bits per heavy atom. The molecule has 0 aliphatic rings. The topological polar surface area (TPSA) is 47.3 Å². The molecule has 0 aliphatic heterocycles. The maximum atomic E-state index is 5.83. The average molecular weight is 216 g/mol. The Balaban J connectivity index is 4.45. The molecule has 0 bridgehead atoms. The van der Waals surface area contributed by atoms with Crippen molar-refractivity contribution in [3.63, 3.8) is 0 Å². The zero-order valence-corrected chi connectivity index (χ0v) is 11.0. The van der Waals surface area contributed by atoms with E-state index >= 15 is 0 Å². The van der Waals surface area contributed by atoms with Gasteiger partial charge in [-0.2, -0.15) is 0 Å². The molecule has 0 aromatic carbocycles. The fraction of sp³-hybridized carbons (Fsp3) is 1.00. The fourth-order valence-corrected chi connectivity index (χ4v) is 1.84. The lowest BCUT2D eigenvalue weighted by atomic mass is 9.86. The quantitative estimate of drug-likeness (QED) is 0.484. The molecule has 0 spiro atoms. The Hall–Kier alpha value is -0.120. The summed E-state index contributed by atoms with van der Waals surface area (Å²) in [5.74, 6) is 6.32. The van der Waals surface area contributed by atoms with Gasteiger partial charge in [-0.05, 0) is 32.6 Å². The lowest BCUT2D eigenvalue weighted by Gasteiger charge is -2.37. The van der Waals surface area contributed by atoms with Crippen LogP contribution in [0.2, 0.25) is 0 Å². The van der Waals surface area contributed by atoms with Crippen molar-refractivity contribution < 1.29 is 4.74 Å². The smallest absolute Gasteiger partial charge is 0.0817 e. The van der Waals surface area contributed by atoms with E-state index in [0.717, 1.165) is 19.4 Å². The first-order valence-electron chi connectivity index (χ1n) is 6.14. The molecule has 15 heavy (non-hydrogen) atoms. The summed E-state index contributed by atoms with van der Waals surface area (Å²) in [7, 11) is 0. The van der Waals surface area contributed by atoms with Gasteiger partial charge in [0.05, 0.1) is 11.6 Å². The predicted octanol–water partition coefficient (Wildman–Crippen LogP) is 2.46. The van der Waals surface area contributed by atoms with Gasteiger partial charge in [-0.25, -0.2) is 0 Å². The van der Waals surface area contributed by atoms with Crippen molar-refractivity contribution in [3.8, 4) is 0 Å². The Labute approximate surface area is 94.7 Å². The standard InChI is InChI=1S/C12H28N2O/c1-6-10(4)9-11(14-13)12(5,7-2)15-8-3/h10-11,14H,6-9,13H2,1-5H3. The minimum absolute atomic E-state index is 0.146. The van der Waals surface area contributed by atoms with Gasteiger partial charge in [0.2, 0.25) is 0 Å². The summed E-state index contributed by atoms with van der Waals surface area (Å²) >= 11 is 0. The van der Waals surface area contributed by atoms with Crippen molar-refractivity contribution in [2.24, 2.45) is 11.8 Å². The third kappa shape index (κ3) is 4.49. The number of hydrazine groups is 1. The van der Waals surface area contributed by atoms with E-state index in [2.05, 4.69) is 33.1 Å². The van der Waals surface area contributed by atoms with Crippen LogP contribution in [0.5, 0.6) is 0 Å². The summed E-state index contributed by atoms with van der Waals surface area (Å²) in [6, 6.07) is 0.234. The van der Waals surface area contributed by atoms with Crippen molar-refractivity contribution >= 4 is 0 Å². The third-order valence-corrected chi connectivity index (χ3v) is 3.45. The number of nitrogens with one attached hydrogen (secondary N) is 1. The molecule has 3 unspecified atom stereocenters. The van der Waals surface area contributed by atoms with Gasteiger partial charge in [-0.3, -0.25) is 11.3 Å². The van der Waals surface area contributed by atoms with Crippen LogP contribution in [0.15, 0.2) is 0 Å². The Morgan fingerprint density at radius 3 is 2.27 bits per heavy atom. The summed E-state index contributed by atoms with van der Waals surface area (Å²) in [5.41, 5.74) is 2.77. The largest absolute Gasteiger partial charge is 0.374 e. The van der Waals surface area contributed by atoms with E-state index in [1.165, 1.54) is 6.42 Å². The van der Waals surface area contributed by atoms with Gasteiger partial charge in [-0.15, -0.1) is 0 Å². The average Bonchev–Trinajstić information content (AvgIpc) is 2.25. The highest BCUT2D eigenvalue weighted by molar-refractivity contribution is 4.88. The lowest BCUT2D eigenvalue weighted by molar-refractivity contribution is -0.0600. The van der Waals surface area contributed by atoms with E-state index in [-0.39, 0.29) is 11.6 Å². The first-order chi connectivity index (χ1) is 7.03. The van der Waals surface area contributed by atoms with Gasteiger partial charge in [0.15, 0.2) is 0 Å². The molecule has 3 atom stereocenters. The van der Waals surface area contributed by atoms with Crippen LogP contribution in [0.1, 0.15) is 53.9 Å². The first kappa shape index (κ1) is 14.9. The molecule has 3 nitrogen and oxygen atoms in total. The highest BCUT2D eigenvalue weighted by Crippen LogP contribution is 2.25. The zero-order valence-electron chi connectivity index (χ0n) is 11.0. The van der Waals surface area contributed by atoms with Crippen LogP contribution in [0.25, 0.3) is 0 Å². The number of nitrogens with two attached hydrogens (primary N) is 1. The first-order valence-corrected chi connectivity index (χ1v) is 6.14. The maximum absolute atomic E-state index is 5.83. The summed E-state index contributed by atoms with van der Waals surface area (Å²) in [6.07, 6.45) is 3.23. The van der Waals surface area contributed by atoms with Crippen molar-refractivity contribution in [1.82, 2.24) is 5.43 Å². The summed E-state index contributed by atoms with van der Waals surface area (Å²) in [6.45, 7) is 11.5. The molecule has 0 heterocycles. The van der Waals surface area contributed by atoms with Gasteiger partial charge < -0.3 is 4.74 Å². The molecule has 0 aliphatic carbocycles. The van der Waals surface area contributed by atoms with E-state index in [0.29, 0.717) is 5.92 Å². The highest BCUT2D eigenvalue weighted by atomic mass is 16.5.